The van der Waals surface area contributed by atoms with Gasteiger partial charge in [0.1, 0.15) is 0 Å². The minimum atomic E-state index is 0.365. The summed E-state index contributed by atoms with van der Waals surface area (Å²) in [5, 5.41) is 5.74. The van der Waals surface area contributed by atoms with Crippen molar-refractivity contribution in [1.29, 1.82) is 0 Å². The summed E-state index contributed by atoms with van der Waals surface area (Å²) in [5.74, 6) is 0. The molecule has 2 unspecified atom stereocenters. The van der Waals surface area contributed by atoms with Gasteiger partial charge in [-0.05, 0) is 41.3 Å². The molecular formula is C12H19BrN2S. The monoisotopic (exact) mass is 302 g/mol. The molecular weight excluding hydrogens is 284 g/mol. The summed E-state index contributed by atoms with van der Waals surface area (Å²) in [6.07, 6.45) is 6.17. The van der Waals surface area contributed by atoms with Crippen molar-refractivity contribution in [2.24, 2.45) is 5.73 Å². The number of nitrogens with two attached hydrogens (primary N) is 1. The van der Waals surface area contributed by atoms with Crippen LogP contribution in [0.1, 0.15) is 30.6 Å². The van der Waals surface area contributed by atoms with E-state index in [1.54, 1.807) is 0 Å². The minimum Gasteiger partial charge on any atom is -0.326 e. The number of nitrogens with one attached hydrogen (secondary N) is 1. The van der Waals surface area contributed by atoms with Gasteiger partial charge in [-0.1, -0.05) is 12.8 Å². The summed E-state index contributed by atoms with van der Waals surface area (Å²) in [6, 6.07) is 3.11. The summed E-state index contributed by atoms with van der Waals surface area (Å²) < 4.78 is 1.20. The lowest BCUT2D eigenvalue weighted by Gasteiger charge is -2.29. The molecule has 1 aliphatic carbocycles. The molecule has 90 valence electrons. The van der Waals surface area contributed by atoms with Crippen LogP contribution < -0.4 is 11.1 Å². The zero-order valence-electron chi connectivity index (χ0n) is 9.42. The number of halogens is 1. The summed E-state index contributed by atoms with van der Waals surface area (Å²) in [7, 11) is 0. The van der Waals surface area contributed by atoms with Gasteiger partial charge in [-0.2, -0.15) is 0 Å². The van der Waals surface area contributed by atoms with Gasteiger partial charge in [0.25, 0.3) is 0 Å². The lowest BCUT2D eigenvalue weighted by molar-refractivity contribution is 0.330. The Hall–Kier alpha value is 0.1000. The second-order valence-corrected chi connectivity index (χ2v) is 6.40. The number of hydrogen-bond acceptors (Lipinski definition) is 3. The molecule has 0 saturated heterocycles. The molecule has 0 bridgehead atoms. The predicted octanol–water partition coefficient (Wildman–Crippen LogP) is 2.91. The molecule has 1 aromatic heterocycles. The quantitative estimate of drug-likeness (QED) is 0.897. The van der Waals surface area contributed by atoms with Crippen LogP contribution in [0.5, 0.6) is 0 Å². The third kappa shape index (κ3) is 3.55. The van der Waals surface area contributed by atoms with Crippen molar-refractivity contribution in [3.05, 3.63) is 20.8 Å². The van der Waals surface area contributed by atoms with Gasteiger partial charge < -0.3 is 11.1 Å². The molecule has 4 heteroatoms. The van der Waals surface area contributed by atoms with E-state index in [1.807, 2.05) is 11.3 Å². The van der Waals surface area contributed by atoms with Gasteiger partial charge >= 0.3 is 0 Å². The molecule has 2 nitrogen and oxygen atoms in total. The van der Waals surface area contributed by atoms with Crippen molar-refractivity contribution >= 4 is 27.3 Å². The van der Waals surface area contributed by atoms with Crippen LogP contribution in [0.25, 0.3) is 0 Å². The minimum absolute atomic E-state index is 0.365. The molecule has 2 rings (SSSR count). The van der Waals surface area contributed by atoms with Crippen LogP contribution in [-0.4, -0.2) is 18.6 Å². The Labute approximate surface area is 110 Å². The lowest BCUT2D eigenvalue weighted by Crippen LogP contribution is -2.47. The third-order valence-corrected chi connectivity index (χ3v) is 4.98. The Balaban J connectivity index is 1.71. The molecule has 1 aliphatic rings. The molecule has 0 radical (unpaired) electrons. The molecule has 0 aliphatic heterocycles. The van der Waals surface area contributed by atoms with Crippen molar-refractivity contribution in [3.63, 3.8) is 0 Å². The first-order valence-corrected chi connectivity index (χ1v) is 7.65. The summed E-state index contributed by atoms with van der Waals surface area (Å²) in [6.45, 7) is 1.05. The summed E-state index contributed by atoms with van der Waals surface area (Å²) in [4.78, 5) is 1.43. The average molecular weight is 303 g/mol. The molecule has 0 spiro atoms. The van der Waals surface area contributed by atoms with Crippen molar-refractivity contribution in [1.82, 2.24) is 5.32 Å². The lowest BCUT2D eigenvalue weighted by atomic mass is 9.91. The number of thiophene rings is 1. The molecule has 0 amide bonds. The van der Waals surface area contributed by atoms with E-state index in [4.69, 9.17) is 5.73 Å². The van der Waals surface area contributed by atoms with Crippen LogP contribution >= 0.6 is 27.3 Å². The molecule has 0 aromatic carbocycles. The third-order valence-electron chi connectivity index (χ3n) is 3.22. The molecule has 1 fully saturated rings. The second kappa shape index (κ2) is 6.15. The maximum absolute atomic E-state index is 6.10. The van der Waals surface area contributed by atoms with Gasteiger partial charge in [0.05, 0.1) is 0 Å². The highest BCUT2D eigenvalue weighted by Gasteiger charge is 2.20. The van der Waals surface area contributed by atoms with E-state index in [-0.39, 0.29) is 0 Å². The zero-order valence-corrected chi connectivity index (χ0v) is 11.8. The van der Waals surface area contributed by atoms with Gasteiger partial charge in [-0.15, -0.1) is 11.3 Å². The van der Waals surface area contributed by atoms with E-state index in [2.05, 4.69) is 32.7 Å². The smallest absolute Gasteiger partial charge is 0.0285 e. The van der Waals surface area contributed by atoms with E-state index in [9.17, 15) is 0 Å². The first-order valence-electron chi connectivity index (χ1n) is 5.97. The Bertz CT molecular complexity index is 327. The van der Waals surface area contributed by atoms with Crippen LogP contribution in [0.15, 0.2) is 15.9 Å². The molecule has 3 N–H and O–H groups in total. The van der Waals surface area contributed by atoms with Gasteiger partial charge in [0.2, 0.25) is 0 Å². The van der Waals surface area contributed by atoms with E-state index < -0.39 is 0 Å². The van der Waals surface area contributed by atoms with Gasteiger partial charge in [-0.25, -0.2) is 0 Å². The molecule has 1 saturated carbocycles. The van der Waals surface area contributed by atoms with E-state index in [0.29, 0.717) is 12.1 Å². The van der Waals surface area contributed by atoms with E-state index >= 15 is 0 Å². The summed E-state index contributed by atoms with van der Waals surface area (Å²) in [5.41, 5.74) is 6.10. The van der Waals surface area contributed by atoms with Crippen molar-refractivity contribution in [3.8, 4) is 0 Å². The Morgan fingerprint density at radius 2 is 2.25 bits per heavy atom. The first-order chi connectivity index (χ1) is 7.75. The maximum atomic E-state index is 6.10. The van der Waals surface area contributed by atoms with Crippen LogP contribution in [0.3, 0.4) is 0 Å². The van der Waals surface area contributed by atoms with Crippen LogP contribution in [0.4, 0.5) is 0 Å². The van der Waals surface area contributed by atoms with Gasteiger partial charge in [0.15, 0.2) is 0 Å². The van der Waals surface area contributed by atoms with Crippen LogP contribution in [0, 0.1) is 0 Å². The second-order valence-electron chi connectivity index (χ2n) is 4.49. The number of hydrogen-bond donors (Lipinski definition) is 2. The van der Waals surface area contributed by atoms with E-state index in [0.717, 1.165) is 13.0 Å². The molecule has 1 aromatic rings. The maximum Gasteiger partial charge on any atom is 0.0285 e. The highest BCUT2D eigenvalue weighted by molar-refractivity contribution is 9.10. The Morgan fingerprint density at radius 1 is 1.44 bits per heavy atom. The van der Waals surface area contributed by atoms with Crippen molar-refractivity contribution in [2.45, 2.75) is 44.2 Å². The zero-order chi connectivity index (χ0) is 11.4. The van der Waals surface area contributed by atoms with Crippen molar-refractivity contribution in [2.75, 3.05) is 6.54 Å². The highest BCUT2D eigenvalue weighted by atomic mass is 79.9. The fourth-order valence-electron chi connectivity index (χ4n) is 2.28. The van der Waals surface area contributed by atoms with Crippen LogP contribution in [0.2, 0.25) is 0 Å². The fourth-order valence-corrected chi connectivity index (χ4v) is 3.73. The summed E-state index contributed by atoms with van der Waals surface area (Å²) >= 11 is 5.30. The largest absolute Gasteiger partial charge is 0.326 e. The van der Waals surface area contributed by atoms with Crippen LogP contribution in [-0.2, 0) is 6.42 Å². The number of rotatable bonds is 4. The van der Waals surface area contributed by atoms with E-state index in [1.165, 1.54) is 35.0 Å². The van der Waals surface area contributed by atoms with Gasteiger partial charge in [-0.3, -0.25) is 0 Å². The average Bonchev–Trinajstić information content (AvgIpc) is 2.67. The highest BCUT2D eigenvalue weighted by Crippen LogP contribution is 2.20. The Kier molecular flexibility index (Phi) is 4.82. The van der Waals surface area contributed by atoms with Crippen molar-refractivity contribution < 1.29 is 0 Å². The SMILES string of the molecule is NC1CCCCC1NCCc1cc(Br)cs1. The normalized spacial score (nSPS) is 25.9. The first kappa shape index (κ1) is 12.6. The predicted molar refractivity (Wildman–Crippen MR) is 74.0 cm³/mol. The Morgan fingerprint density at radius 3 is 2.94 bits per heavy atom. The topological polar surface area (TPSA) is 38.0 Å². The molecule has 2 atom stereocenters. The fraction of sp³-hybridized carbons (Fsp3) is 0.667. The van der Waals surface area contributed by atoms with Gasteiger partial charge in [0, 0.05) is 33.4 Å². The molecule has 16 heavy (non-hydrogen) atoms. The standard InChI is InChI=1S/C12H19BrN2S/c13-9-7-10(16-8-9)5-6-15-12-4-2-1-3-11(12)14/h7-8,11-12,15H,1-6,14H2. The molecule has 1 heterocycles.